The zero-order valence-corrected chi connectivity index (χ0v) is 12.7. The summed E-state index contributed by atoms with van der Waals surface area (Å²) in [5, 5.41) is 13.9. The number of nitro benzene ring substituents is 1. The number of hydrogen-bond acceptors (Lipinski definition) is 4. The minimum absolute atomic E-state index is 0.121. The molecule has 0 bridgehead atoms. The summed E-state index contributed by atoms with van der Waals surface area (Å²) in [6.07, 6.45) is 0. The zero-order chi connectivity index (χ0) is 15.4. The average molecular weight is 355 g/mol. The summed E-state index contributed by atoms with van der Waals surface area (Å²) < 4.78 is 19.2. The third-order valence-corrected chi connectivity index (χ3v) is 3.53. The largest absolute Gasteiger partial charge is 0.490 e. The number of nitrogens with zero attached hydrogens (tertiary/aromatic N) is 1. The molecule has 0 aliphatic carbocycles. The minimum atomic E-state index is -0.513. The summed E-state index contributed by atoms with van der Waals surface area (Å²) in [5.41, 5.74) is 0.845. The Morgan fingerprint density at radius 2 is 2.14 bits per heavy atom. The maximum Gasteiger partial charge on any atom is 0.311 e. The molecule has 110 valence electrons. The molecular weight excluding hydrogens is 343 g/mol. The highest BCUT2D eigenvalue weighted by Gasteiger charge is 2.15. The Labute approximate surface area is 129 Å². The number of nitro groups is 1. The normalized spacial score (nSPS) is 10.2. The SMILES string of the molecule is COc1ccc(CNc2c(F)cccc2Br)cc1[N+](=O)[O-]. The first-order valence-corrected chi connectivity index (χ1v) is 6.81. The van der Waals surface area contributed by atoms with Gasteiger partial charge >= 0.3 is 5.69 Å². The van der Waals surface area contributed by atoms with Crippen LogP contribution in [0.1, 0.15) is 5.56 Å². The lowest BCUT2D eigenvalue weighted by atomic mass is 10.2. The van der Waals surface area contributed by atoms with Crippen molar-refractivity contribution in [2.24, 2.45) is 0 Å². The van der Waals surface area contributed by atoms with Crippen LogP contribution in [0.3, 0.4) is 0 Å². The standard InChI is InChI=1S/C14H12BrFN2O3/c1-21-13-6-5-9(7-12(13)18(19)20)8-17-14-10(15)3-2-4-11(14)16/h2-7,17H,8H2,1H3. The molecule has 2 aromatic carbocycles. The van der Waals surface area contributed by atoms with Gasteiger partial charge in [-0.3, -0.25) is 10.1 Å². The number of methoxy groups -OCH3 is 1. The van der Waals surface area contributed by atoms with Gasteiger partial charge in [-0.25, -0.2) is 4.39 Å². The van der Waals surface area contributed by atoms with Crippen LogP contribution >= 0.6 is 15.9 Å². The molecular formula is C14H12BrFN2O3. The first-order valence-electron chi connectivity index (χ1n) is 6.02. The molecule has 21 heavy (non-hydrogen) atoms. The number of halogens is 2. The fourth-order valence-corrected chi connectivity index (χ4v) is 2.33. The smallest absolute Gasteiger partial charge is 0.311 e. The van der Waals surface area contributed by atoms with Gasteiger partial charge in [0, 0.05) is 17.1 Å². The van der Waals surface area contributed by atoms with E-state index in [1.807, 2.05) is 0 Å². The quantitative estimate of drug-likeness (QED) is 0.647. The number of benzene rings is 2. The monoisotopic (exact) mass is 354 g/mol. The van der Waals surface area contributed by atoms with Crippen molar-refractivity contribution in [2.45, 2.75) is 6.54 Å². The Morgan fingerprint density at radius 1 is 1.38 bits per heavy atom. The van der Waals surface area contributed by atoms with Crippen LogP contribution in [0.2, 0.25) is 0 Å². The van der Waals surface area contributed by atoms with Gasteiger partial charge < -0.3 is 10.1 Å². The second kappa shape index (κ2) is 6.53. The highest BCUT2D eigenvalue weighted by molar-refractivity contribution is 9.10. The van der Waals surface area contributed by atoms with Crippen LogP contribution in [-0.4, -0.2) is 12.0 Å². The van der Waals surface area contributed by atoms with Crippen LogP contribution in [0.25, 0.3) is 0 Å². The first kappa shape index (κ1) is 15.2. The van der Waals surface area contributed by atoms with E-state index in [2.05, 4.69) is 21.2 Å². The van der Waals surface area contributed by atoms with E-state index in [0.29, 0.717) is 15.7 Å². The van der Waals surface area contributed by atoms with E-state index < -0.39 is 10.7 Å². The third-order valence-electron chi connectivity index (χ3n) is 2.87. The van der Waals surface area contributed by atoms with Gasteiger partial charge in [-0.2, -0.15) is 0 Å². The fraction of sp³-hybridized carbons (Fsp3) is 0.143. The zero-order valence-electron chi connectivity index (χ0n) is 11.1. The maximum atomic E-state index is 13.7. The summed E-state index contributed by atoms with van der Waals surface area (Å²) in [6.45, 7) is 0.254. The number of ether oxygens (including phenoxy) is 1. The average Bonchev–Trinajstić information content (AvgIpc) is 2.46. The van der Waals surface area contributed by atoms with Gasteiger partial charge in [-0.15, -0.1) is 0 Å². The van der Waals surface area contributed by atoms with Gasteiger partial charge in [0.1, 0.15) is 5.82 Å². The molecule has 2 rings (SSSR count). The Balaban J connectivity index is 2.21. The van der Waals surface area contributed by atoms with Crippen molar-refractivity contribution in [2.75, 3.05) is 12.4 Å². The maximum absolute atomic E-state index is 13.7. The van der Waals surface area contributed by atoms with Gasteiger partial charge in [0.05, 0.1) is 17.7 Å². The molecule has 0 amide bonds. The molecule has 2 aromatic rings. The van der Waals surface area contributed by atoms with Crippen molar-refractivity contribution in [3.63, 3.8) is 0 Å². The second-order valence-corrected chi connectivity index (χ2v) is 5.07. The van der Waals surface area contributed by atoms with Gasteiger partial charge in [0.2, 0.25) is 0 Å². The molecule has 0 saturated heterocycles. The van der Waals surface area contributed by atoms with Crippen LogP contribution in [0.5, 0.6) is 5.75 Å². The molecule has 0 atom stereocenters. The van der Waals surface area contributed by atoms with Crippen molar-refractivity contribution in [3.05, 3.63) is 62.4 Å². The summed E-state index contributed by atoms with van der Waals surface area (Å²) in [6, 6.07) is 9.24. The number of para-hydroxylation sites is 1. The van der Waals surface area contributed by atoms with Gasteiger partial charge in [-0.1, -0.05) is 12.1 Å². The molecule has 5 nitrogen and oxygen atoms in total. The molecule has 0 aliphatic heterocycles. The molecule has 0 heterocycles. The van der Waals surface area contributed by atoms with Gasteiger partial charge in [0.25, 0.3) is 0 Å². The highest BCUT2D eigenvalue weighted by Crippen LogP contribution is 2.29. The summed E-state index contributed by atoms with van der Waals surface area (Å²) in [7, 11) is 1.37. The summed E-state index contributed by atoms with van der Waals surface area (Å²) in [4.78, 5) is 10.4. The lowest BCUT2D eigenvalue weighted by Gasteiger charge is -2.10. The van der Waals surface area contributed by atoms with Crippen molar-refractivity contribution in [1.29, 1.82) is 0 Å². The van der Waals surface area contributed by atoms with Gasteiger partial charge in [-0.05, 0) is 39.7 Å². The van der Waals surface area contributed by atoms with E-state index in [-0.39, 0.29) is 18.0 Å². The van der Waals surface area contributed by atoms with Crippen molar-refractivity contribution in [3.8, 4) is 5.75 Å². The predicted molar refractivity (Wildman–Crippen MR) is 81.1 cm³/mol. The van der Waals surface area contributed by atoms with Crippen LogP contribution in [0, 0.1) is 15.9 Å². The van der Waals surface area contributed by atoms with E-state index in [4.69, 9.17) is 4.74 Å². The predicted octanol–water partition coefficient (Wildman–Crippen LogP) is 4.12. The topological polar surface area (TPSA) is 64.4 Å². The summed E-state index contributed by atoms with van der Waals surface area (Å²) >= 11 is 3.25. The molecule has 0 aliphatic rings. The van der Waals surface area contributed by atoms with E-state index in [9.17, 15) is 14.5 Å². The lowest BCUT2D eigenvalue weighted by molar-refractivity contribution is -0.385. The number of nitrogens with one attached hydrogen (secondary N) is 1. The van der Waals surface area contributed by atoms with E-state index in [1.165, 1.54) is 25.3 Å². The Bertz CT molecular complexity index is 659. The molecule has 7 heteroatoms. The summed E-state index contributed by atoms with van der Waals surface area (Å²) in [5.74, 6) is -0.205. The van der Waals surface area contributed by atoms with Crippen molar-refractivity contribution < 1.29 is 14.1 Å². The molecule has 0 unspecified atom stereocenters. The second-order valence-electron chi connectivity index (χ2n) is 4.21. The Morgan fingerprint density at radius 3 is 2.76 bits per heavy atom. The first-order chi connectivity index (χ1) is 10.0. The number of hydrogen-bond donors (Lipinski definition) is 1. The molecule has 0 radical (unpaired) electrons. The fourth-order valence-electron chi connectivity index (χ4n) is 1.85. The van der Waals surface area contributed by atoms with Gasteiger partial charge in [0.15, 0.2) is 5.75 Å². The molecule has 0 saturated carbocycles. The molecule has 0 spiro atoms. The van der Waals surface area contributed by atoms with Crippen molar-refractivity contribution in [1.82, 2.24) is 0 Å². The van der Waals surface area contributed by atoms with E-state index in [1.54, 1.807) is 18.2 Å². The Kier molecular flexibility index (Phi) is 4.74. The minimum Gasteiger partial charge on any atom is -0.490 e. The molecule has 0 fully saturated rings. The number of anilines is 1. The molecule has 1 N–H and O–H groups in total. The molecule has 0 aromatic heterocycles. The van der Waals surface area contributed by atoms with Crippen LogP contribution in [-0.2, 0) is 6.54 Å². The highest BCUT2D eigenvalue weighted by atomic mass is 79.9. The van der Waals surface area contributed by atoms with E-state index in [0.717, 1.165) is 0 Å². The third kappa shape index (κ3) is 3.49. The lowest BCUT2D eigenvalue weighted by Crippen LogP contribution is -2.03. The van der Waals surface area contributed by atoms with E-state index >= 15 is 0 Å². The van der Waals surface area contributed by atoms with Crippen LogP contribution in [0.15, 0.2) is 40.9 Å². The Hall–Kier alpha value is -2.15. The van der Waals surface area contributed by atoms with Crippen LogP contribution < -0.4 is 10.1 Å². The van der Waals surface area contributed by atoms with Crippen molar-refractivity contribution >= 4 is 27.3 Å². The van der Waals surface area contributed by atoms with Crippen LogP contribution in [0.4, 0.5) is 15.8 Å². The number of rotatable bonds is 5.